The zero-order chi connectivity index (χ0) is 17.2. The fourth-order valence-corrected chi connectivity index (χ4v) is 2.27. The SMILES string of the molecule is CCCCC(=O)OC[C@@H](OC(=O)CCCC)[C@H]1OCC(O)[C@H]1O. The first-order valence-electron chi connectivity index (χ1n) is 8.32. The van der Waals surface area contributed by atoms with E-state index in [1.165, 1.54) is 0 Å². The fraction of sp³-hybridized carbons (Fsp3) is 0.875. The van der Waals surface area contributed by atoms with Gasteiger partial charge in [-0.15, -0.1) is 0 Å². The minimum Gasteiger partial charge on any atom is -0.462 e. The number of esters is 2. The van der Waals surface area contributed by atoms with Crippen molar-refractivity contribution in [1.82, 2.24) is 0 Å². The smallest absolute Gasteiger partial charge is 0.306 e. The summed E-state index contributed by atoms with van der Waals surface area (Å²) in [6.45, 7) is 3.70. The lowest BCUT2D eigenvalue weighted by molar-refractivity contribution is -0.170. The zero-order valence-electron chi connectivity index (χ0n) is 13.9. The second-order valence-electron chi connectivity index (χ2n) is 5.77. The molecule has 0 aliphatic carbocycles. The lowest BCUT2D eigenvalue weighted by Gasteiger charge is -2.25. The summed E-state index contributed by atoms with van der Waals surface area (Å²) in [6, 6.07) is 0. The minimum absolute atomic E-state index is 0.0430. The van der Waals surface area contributed by atoms with E-state index in [1.54, 1.807) is 0 Å². The number of rotatable bonds is 10. The summed E-state index contributed by atoms with van der Waals surface area (Å²) < 4.78 is 15.7. The Morgan fingerprint density at radius 1 is 1.13 bits per heavy atom. The molecule has 0 amide bonds. The highest BCUT2D eigenvalue weighted by Crippen LogP contribution is 2.21. The van der Waals surface area contributed by atoms with Crippen LogP contribution >= 0.6 is 0 Å². The molecule has 2 N–H and O–H groups in total. The van der Waals surface area contributed by atoms with Crippen molar-refractivity contribution >= 4 is 11.9 Å². The van der Waals surface area contributed by atoms with E-state index in [4.69, 9.17) is 14.2 Å². The van der Waals surface area contributed by atoms with E-state index < -0.39 is 30.4 Å². The van der Waals surface area contributed by atoms with Gasteiger partial charge in [-0.3, -0.25) is 9.59 Å². The number of carbonyl (C=O) groups excluding carboxylic acids is 2. The van der Waals surface area contributed by atoms with Gasteiger partial charge in [0.2, 0.25) is 0 Å². The van der Waals surface area contributed by atoms with Crippen molar-refractivity contribution in [3.8, 4) is 0 Å². The molecule has 0 aromatic rings. The molecule has 23 heavy (non-hydrogen) atoms. The van der Waals surface area contributed by atoms with Crippen molar-refractivity contribution in [2.45, 2.75) is 76.8 Å². The molecule has 7 nitrogen and oxygen atoms in total. The Kier molecular flexibility index (Phi) is 9.13. The number of ether oxygens (including phenoxy) is 3. The van der Waals surface area contributed by atoms with Crippen LogP contribution in [0.5, 0.6) is 0 Å². The highest BCUT2D eigenvalue weighted by atomic mass is 16.6. The maximum atomic E-state index is 11.8. The zero-order valence-corrected chi connectivity index (χ0v) is 13.9. The van der Waals surface area contributed by atoms with Gasteiger partial charge in [-0.1, -0.05) is 26.7 Å². The first-order valence-corrected chi connectivity index (χ1v) is 8.32. The Morgan fingerprint density at radius 2 is 1.74 bits per heavy atom. The Bertz CT molecular complexity index is 371. The second kappa shape index (κ2) is 10.6. The van der Waals surface area contributed by atoms with Gasteiger partial charge in [0.25, 0.3) is 0 Å². The second-order valence-corrected chi connectivity index (χ2v) is 5.77. The molecule has 7 heteroatoms. The van der Waals surface area contributed by atoms with Crippen LogP contribution in [0.3, 0.4) is 0 Å². The van der Waals surface area contributed by atoms with Crippen LogP contribution in [-0.2, 0) is 23.8 Å². The average molecular weight is 332 g/mol. The molecule has 0 aromatic heterocycles. The summed E-state index contributed by atoms with van der Waals surface area (Å²) in [5.41, 5.74) is 0. The van der Waals surface area contributed by atoms with E-state index in [0.717, 1.165) is 19.3 Å². The van der Waals surface area contributed by atoms with Crippen molar-refractivity contribution in [3.63, 3.8) is 0 Å². The van der Waals surface area contributed by atoms with Crippen molar-refractivity contribution < 1.29 is 34.0 Å². The Balaban J connectivity index is 2.57. The molecule has 134 valence electrons. The molecular formula is C16H28O7. The summed E-state index contributed by atoms with van der Waals surface area (Å²) in [5, 5.41) is 19.5. The van der Waals surface area contributed by atoms with Crippen LogP contribution in [0.25, 0.3) is 0 Å². The van der Waals surface area contributed by atoms with Gasteiger partial charge in [0.05, 0.1) is 6.61 Å². The van der Waals surface area contributed by atoms with Crippen LogP contribution in [0.1, 0.15) is 52.4 Å². The first kappa shape index (κ1) is 19.9. The van der Waals surface area contributed by atoms with Gasteiger partial charge < -0.3 is 24.4 Å². The van der Waals surface area contributed by atoms with Gasteiger partial charge in [0.1, 0.15) is 24.9 Å². The number of aliphatic hydroxyl groups is 2. The molecule has 1 unspecified atom stereocenters. The first-order chi connectivity index (χ1) is 11.0. The molecule has 1 heterocycles. The van der Waals surface area contributed by atoms with Crippen LogP contribution in [-0.4, -0.2) is 59.8 Å². The third-order valence-electron chi connectivity index (χ3n) is 3.72. The maximum absolute atomic E-state index is 11.8. The predicted octanol–water partition coefficient (Wildman–Crippen LogP) is 0.942. The molecule has 0 spiro atoms. The third-order valence-corrected chi connectivity index (χ3v) is 3.72. The number of aliphatic hydroxyl groups excluding tert-OH is 2. The lowest BCUT2D eigenvalue weighted by Crippen LogP contribution is -2.44. The van der Waals surface area contributed by atoms with E-state index in [9.17, 15) is 19.8 Å². The van der Waals surface area contributed by atoms with Crippen LogP contribution in [0.2, 0.25) is 0 Å². The molecule has 0 bridgehead atoms. The Hall–Kier alpha value is -1.18. The van der Waals surface area contributed by atoms with E-state index in [1.807, 2.05) is 13.8 Å². The summed E-state index contributed by atoms with van der Waals surface area (Å²) in [4.78, 5) is 23.4. The number of carbonyl (C=O) groups is 2. The average Bonchev–Trinajstić information content (AvgIpc) is 2.86. The van der Waals surface area contributed by atoms with Gasteiger partial charge in [-0.05, 0) is 12.8 Å². The molecular weight excluding hydrogens is 304 g/mol. The number of hydrogen-bond donors (Lipinski definition) is 2. The molecule has 1 fully saturated rings. The molecule has 1 rings (SSSR count). The maximum Gasteiger partial charge on any atom is 0.306 e. The normalized spacial score (nSPS) is 25.1. The predicted molar refractivity (Wildman–Crippen MR) is 81.6 cm³/mol. The highest BCUT2D eigenvalue weighted by molar-refractivity contribution is 5.70. The summed E-state index contributed by atoms with van der Waals surface area (Å²) in [6.07, 6.45) is -0.327. The van der Waals surface area contributed by atoms with Gasteiger partial charge in [0.15, 0.2) is 6.10 Å². The van der Waals surface area contributed by atoms with Crippen LogP contribution in [0.15, 0.2) is 0 Å². The van der Waals surface area contributed by atoms with E-state index in [2.05, 4.69) is 0 Å². The van der Waals surface area contributed by atoms with E-state index >= 15 is 0 Å². The molecule has 1 saturated heterocycles. The van der Waals surface area contributed by atoms with Crippen LogP contribution in [0, 0.1) is 0 Å². The Morgan fingerprint density at radius 3 is 2.26 bits per heavy atom. The van der Waals surface area contributed by atoms with Gasteiger partial charge in [-0.2, -0.15) is 0 Å². The number of unbranched alkanes of at least 4 members (excludes halogenated alkanes) is 2. The van der Waals surface area contributed by atoms with E-state index in [-0.39, 0.29) is 25.6 Å². The van der Waals surface area contributed by atoms with Gasteiger partial charge >= 0.3 is 11.9 Å². The van der Waals surface area contributed by atoms with Crippen molar-refractivity contribution in [1.29, 1.82) is 0 Å². The molecule has 0 radical (unpaired) electrons. The van der Waals surface area contributed by atoms with Crippen molar-refractivity contribution in [2.75, 3.05) is 13.2 Å². The van der Waals surface area contributed by atoms with Crippen LogP contribution < -0.4 is 0 Å². The molecule has 0 saturated carbocycles. The number of hydrogen-bond acceptors (Lipinski definition) is 7. The quantitative estimate of drug-likeness (QED) is 0.574. The molecule has 0 aromatic carbocycles. The highest BCUT2D eigenvalue weighted by Gasteiger charge is 2.42. The van der Waals surface area contributed by atoms with Gasteiger partial charge in [0, 0.05) is 12.8 Å². The summed E-state index contributed by atoms with van der Waals surface area (Å²) in [7, 11) is 0. The topological polar surface area (TPSA) is 102 Å². The standard InChI is InChI=1S/C16H28O7/c1-3-5-7-13(18)21-10-12(23-14(19)8-6-4-2)16-15(20)11(17)9-22-16/h11-12,15-17,20H,3-10H2,1-2H3/t11?,12-,15-,16-/m1/s1. The van der Waals surface area contributed by atoms with Crippen molar-refractivity contribution in [2.24, 2.45) is 0 Å². The Labute approximate surface area is 136 Å². The molecule has 1 aliphatic rings. The third kappa shape index (κ3) is 6.85. The van der Waals surface area contributed by atoms with Crippen molar-refractivity contribution in [3.05, 3.63) is 0 Å². The van der Waals surface area contributed by atoms with E-state index in [0.29, 0.717) is 12.8 Å². The monoisotopic (exact) mass is 332 g/mol. The lowest BCUT2D eigenvalue weighted by atomic mass is 10.1. The van der Waals surface area contributed by atoms with Gasteiger partial charge in [-0.25, -0.2) is 0 Å². The van der Waals surface area contributed by atoms with Crippen LogP contribution in [0.4, 0.5) is 0 Å². The summed E-state index contributed by atoms with van der Waals surface area (Å²) in [5.74, 6) is -0.812. The molecule has 4 atom stereocenters. The summed E-state index contributed by atoms with van der Waals surface area (Å²) >= 11 is 0. The fourth-order valence-electron chi connectivity index (χ4n) is 2.27. The molecule has 1 aliphatic heterocycles. The minimum atomic E-state index is -1.17. The largest absolute Gasteiger partial charge is 0.462 e.